The number of esters is 1. The summed E-state index contributed by atoms with van der Waals surface area (Å²) < 4.78 is 5.09. The van der Waals surface area contributed by atoms with E-state index in [2.05, 4.69) is 16.4 Å². The Hall–Kier alpha value is -2.59. The van der Waals surface area contributed by atoms with E-state index in [-0.39, 0.29) is 5.69 Å². The third-order valence-electron chi connectivity index (χ3n) is 3.76. The van der Waals surface area contributed by atoms with Crippen LogP contribution in [0.1, 0.15) is 28.5 Å². The lowest BCUT2D eigenvalue weighted by molar-refractivity contribution is 0.0520. The van der Waals surface area contributed by atoms with Crippen molar-refractivity contribution in [3.63, 3.8) is 0 Å². The fourth-order valence-corrected chi connectivity index (χ4v) is 2.99. The molecule has 0 bridgehead atoms. The predicted molar refractivity (Wildman–Crippen MR) is 102 cm³/mol. The average molecular weight is 355 g/mol. The fourth-order valence-electron chi connectivity index (χ4n) is 2.81. The molecule has 0 unspecified atom stereocenters. The normalized spacial score (nSPS) is 10.7. The van der Waals surface area contributed by atoms with Crippen LogP contribution in [0, 0.1) is 13.8 Å². The first-order chi connectivity index (χ1) is 12.0. The number of rotatable bonds is 4. The highest BCUT2D eigenvalue weighted by Gasteiger charge is 2.14. The van der Waals surface area contributed by atoms with Crippen LogP contribution >= 0.6 is 11.6 Å². The Balaban J connectivity index is 2.13. The first-order valence-corrected chi connectivity index (χ1v) is 8.47. The molecule has 0 atom stereocenters. The van der Waals surface area contributed by atoms with Gasteiger partial charge in [-0.05, 0) is 68.3 Å². The molecule has 0 aliphatic rings. The van der Waals surface area contributed by atoms with Crippen molar-refractivity contribution < 1.29 is 9.53 Å². The number of nitrogens with one attached hydrogen (secondary N) is 1. The zero-order chi connectivity index (χ0) is 18.0. The first kappa shape index (κ1) is 17.2. The van der Waals surface area contributed by atoms with Crippen LogP contribution in [-0.4, -0.2) is 17.6 Å². The number of nitrogens with zero attached hydrogens (tertiary/aromatic N) is 1. The zero-order valence-electron chi connectivity index (χ0n) is 14.4. The van der Waals surface area contributed by atoms with Gasteiger partial charge in [0.15, 0.2) is 5.69 Å². The Kier molecular flexibility index (Phi) is 4.91. The molecular weight excluding hydrogens is 336 g/mol. The maximum Gasteiger partial charge on any atom is 0.357 e. The van der Waals surface area contributed by atoms with Gasteiger partial charge >= 0.3 is 5.97 Å². The predicted octanol–water partition coefficient (Wildman–Crippen LogP) is 5.43. The first-order valence-electron chi connectivity index (χ1n) is 8.09. The third-order valence-corrected chi connectivity index (χ3v) is 3.99. The number of ether oxygens (including phenoxy) is 1. The molecule has 0 aliphatic carbocycles. The van der Waals surface area contributed by atoms with Crippen molar-refractivity contribution in [3.05, 3.63) is 64.3 Å². The summed E-state index contributed by atoms with van der Waals surface area (Å²) in [5.74, 6) is -0.442. The molecule has 1 heterocycles. The molecular formula is C20H19ClN2O2. The van der Waals surface area contributed by atoms with E-state index in [0.717, 1.165) is 27.9 Å². The number of fused-ring (bicyclic) bond motifs is 1. The van der Waals surface area contributed by atoms with E-state index in [1.807, 2.05) is 32.0 Å². The van der Waals surface area contributed by atoms with Gasteiger partial charge in [-0.1, -0.05) is 17.7 Å². The number of hydrogen-bond acceptors (Lipinski definition) is 4. The monoisotopic (exact) mass is 354 g/mol. The minimum atomic E-state index is -0.442. The van der Waals surface area contributed by atoms with Gasteiger partial charge in [0.2, 0.25) is 0 Å². The summed E-state index contributed by atoms with van der Waals surface area (Å²) in [5, 5.41) is 4.85. The SMILES string of the molecule is CCOC(=O)c1cc(Nc2cc(C)cc(C)c2)c2cc(Cl)ccc2n1. The van der Waals surface area contributed by atoms with Gasteiger partial charge in [-0.25, -0.2) is 9.78 Å². The molecule has 1 aromatic heterocycles. The van der Waals surface area contributed by atoms with E-state index in [9.17, 15) is 4.79 Å². The second kappa shape index (κ2) is 7.11. The number of carbonyl (C=O) groups excluding carboxylic acids is 1. The maximum atomic E-state index is 12.1. The van der Waals surface area contributed by atoms with Gasteiger partial charge in [0.25, 0.3) is 0 Å². The van der Waals surface area contributed by atoms with Crippen molar-refractivity contribution in [1.82, 2.24) is 4.98 Å². The lowest BCUT2D eigenvalue weighted by Crippen LogP contribution is -2.08. The molecule has 0 saturated heterocycles. The van der Waals surface area contributed by atoms with E-state index in [4.69, 9.17) is 16.3 Å². The Morgan fingerprint density at radius 3 is 2.52 bits per heavy atom. The van der Waals surface area contributed by atoms with Crippen LogP contribution in [0.2, 0.25) is 5.02 Å². The van der Waals surface area contributed by atoms with Crippen molar-refractivity contribution in [2.24, 2.45) is 0 Å². The van der Waals surface area contributed by atoms with E-state index in [1.54, 1.807) is 25.1 Å². The van der Waals surface area contributed by atoms with E-state index < -0.39 is 5.97 Å². The second-order valence-corrected chi connectivity index (χ2v) is 6.37. The highest BCUT2D eigenvalue weighted by atomic mass is 35.5. The van der Waals surface area contributed by atoms with Crippen molar-refractivity contribution >= 4 is 39.8 Å². The zero-order valence-corrected chi connectivity index (χ0v) is 15.1. The van der Waals surface area contributed by atoms with Crippen LogP contribution in [-0.2, 0) is 4.74 Å². The van der Waals surface area contributed by atoms with Crippen molar-refractivity contribution in [2.45, 2.75) is 20.8 Å². The Morgan fingerprint density at radius 1 is 1.12 bits per heavy atom. The summed E-state index contributed by atoms with van der Waals surface area (Å²) in [6.45, 7) is 6.17. The number of halogens is 1. The molecule has 0 spiro atoms. The minimum Gasteiger partial charge on any atom is -0.461 e. The molecule has 5 heteroatoms. The average Bonchev–Trinajstić information content (AvgIpc) is 2.54. The van der Waals surface area contributed by atoms with Crippen molar-refractivity contribution in [1.29, 1.82) is 0 Å². The summed E-state index contributed by atoms with van der Waals surface area (Å²) in [6, 6.07) is 13.3. The van der Waals surface area contributed by atoms with Gasteiger partial charge in [0, 0.05) is 16.1 Å². The Bertz CT molecular complexity index is 934. The number of hydrogen-bond donors (Lipinski definition) is 1. The summed E-state index contributed by atoms with van der Waals surface area (Å²) in [6.07, 6.45) is 0. The number of aryl methyl sites for hydroxylation is 2. The molecule has 2 aromatic carbocycles. The van der Waals surface area contributed by atoms with Crippen LogP contribution in [0.3, 0.4) is 0 Å². The summed E-state index contributed by atoms with van der Waals surface area (Å²) in [4.78, 5) is 16.5. The van der Waals surface area contributed by atoms with E-state index >= 15 is 0 Å². The minimum absolute atomic E-state index is 0.267. The third kappa shape index (κ3) is 3.91. The fraction of sp³-hybridized carbons (Fsp3) is 0.200. The molecule has 3 aromatic rings. The Morgan fingerprint density at radius 2 is 1.84 bits per heavy atom. The summed E-state index contributed by atoms with van der Waals surface area (Å²) >= 11 is 6.15. The molecule has 3 rings (SSSR count). The van der Waals surface area contributed by atoms with Crippen molar-refractivity contribution in [3.8, 4) is 0 Å². The lowest BCUT2D eigenvalue weighted by Gasteiger charge is -2.13. The molecule has 0 radical (unpaired) electrons. The van der Waals surface area contributed by atoms with E-state index in [0.29, 0.717) is 17.1 Å². The molecule has 0 saturated carbocycles. The standard InChI is InChI=1S/C20H19ClN2O2/c1-4-25-20(24)19-11-18(16-10-14(21)5-6-17(16)23-19)22-15-8-12(2)7-13(3)9-15/h5-11H,4H2,1-3H3,(H,22,23). The van der Waals surface area contributed by atoms with Crippen LogP contribution in [0.4, 0.5) is 11.4 Å². The number of aromatic nitrogens is 1. The van der Waals surface area contributed by atoms with Crippen LogP contribution in [0.5, 0.6) is 0 Å². The molecule has 1 N–H and O–H groups in total. The second-order valence-electron chi connectivity index (χ2n) is 5.94. The summed E-state index contributed by atoms with van der Waals surface area (Å²) in [5.41, 5.74) is 4.97. The van der Waals surface area contributed by atoms with Crippen LogP contribution in [0.15, 0.2) is 42.5 Å². The molecule has 4 nitrogen and oxygen atoms in total. The van der Waals surface area contributed by atoms with Crippen molar-refractivity contribution in [2.75, 3.05) is 11.9 Å². The van der Waals surface area contributed by atoms with Gasteiger partial charge in [-0.15, -0.1) is 0 Å². The largest absolute Gasteiger partial charge is 0.461 e. The van der Waals surface area contributed by atoms with Crippen LogP contribution < -0.4 is 5.32 Å². The topological polar surface area (TPSA) is 51.2 Å². The molecule has 128 valence electrons. The molecule has 0 fully saturated rings. The number of carbonyl (C=O) groups is 1. The Labute approximate surface area is 151 Å². The highest BCUT2D eigenvalue weighted by Crippen LogP contribution is 2.29. The highest BCUT2D eigenvalue weighted by molar-refractivity contribution is 6.31. The van der Waals surface area contributed by atoms with Gasteiger partial charge in [0.1, 0.15) is 0 Å². The molecule has 0 amide bonds. The number of anilines is 2. The molecule has 25 heavy (non-hydrogen) atoms. The number of pyridine rings is 1. The smallest absolute Gasteiger partial charge is 0.357 e. The quantitative estimate of drug-likeness (QED) is 0.635. The van der Waals surface area contributed by atoms with Gasteiger partial charge in [-0.2, -0.15) is 0 Å². The van der Waals surface area contributed by atoms with Gasteiger partial charge in [-0.3, -0.25) is 0 Å². The number of benzene rings is 2. The summed E-state index contributed by atoms with van der Waals surface area (Å²) in [7, 11) is 0. The lowest BCUT2D eigenvalue weighted by atomic mass is 10.1. The van der Waals surface area contributed by atoms with Crippen LogP contribution in [0.25, 0.3) is 10.9 Å². The maximum absolute atomic E-state index is 12.1. The van der Waals surface area contributed by atoms with Gasteiger partial charge < -0.3 is 10.1 Å². The molecule has 0 aliphatic heterocycles. The van der Waals surface area contributed by atoms with Gasteiger partial charge in [0.05, 0.1) is 17.8 Å². The van der Waals surface area contributed by atoms with E-state index in [1.165, 1.54) is 0 Å².